The summed E-state index contributed by atoms with van der Waals surface area (Å²) in [5, 5.41) is 13.6. The number of nitrogens with one attached hydrogen (secondary N) is 1. The molecule has 1 atom stereocenters. The van der Waals surface area contributed by atoms with Crippen LogP contribution in [0.15, 0.2) is 18.2 Å². The summed E-state index contributed by atoms with van der Waals surface area (Å²) in [6.45, 7) is 7.45. The smallest absolute Gasteiger partial charge is 0.0642 e. The van der Waals surface area contributed by atoms with Crippen LogP contribution in [0.5, 0.6) is 0 Å². The number of hydrogen-bond acceptors (Lipinski definition) is 3. The van der Waals surface area contributed by atoms with E-state index < -0.39 is 0 Å². The van der Waals surface area contributed by atoms with Crippen molar-refractivity contribution < 1.29 is 5.11 Å². The highest BCUT2D eigenvalue weighted by molar-refractivity contribution is 6.33. The third-order valence-corrected chi connectivity index (χ3v) is 4.09. The monoisotopic (exact) mass is 296 g/mol. The van der Waals surface area contributed by atoms with Gasteiger partial charge in [-0.15, -0.1) is 0 Å². The number of hydrogen-bond donors (Lipinski definition) is 2. The van der Waals surface area contributed by atoms with E-state index >= 15 is 0 Å². The van der Waals surface area contributed by atoms with Gasteiger partial charge in [0.15, 0.2) is 0 Å². The van der Waals surface area contributed by atoms with Gasteiger partial charge < -0.3 is 15.3 Å². The zero-order valence-corrected chi connectivity index (χ0v) is 13.2. The van der Waals surface area contributed by atoms with Crippen LogP contribution in [-0.4, -0.2) is 30.8 Å². The van der Waals surface area contributed by atoms with Crippen LogP contribution in [0.3, 0.4) is 0 Å². The number of rotatable bonds is 6. The summed E-state index contributed by atoms with van der Waals surface area (Å²) in [7, 11) is 0. The molecule has 0 spiro atoms. The molecule has 1 unspecified atom stereocenters. The molecule has 1 fully saturated rings. The summed E-state index contributed by atoms with van der Waals surface area (Å²) in [6.07, 6.45) is 2.17. The second-order valence-corrected chi connectivity index (χ2v) is 6.39. The number of aliphatic hydroxyl groups is 1. The van der Waals surface area contributed by atoms with E-state index in [0.717, 1.165) is 43.2 Å². The molecule has 2 rings (SSSR count). The summed E-state index contributed by atoms with van der Waals surface area (Å²) in [4.78, 5) is 2.23. The number of benzene rings is 1. The molecule has 2 N–H and O–H groups in total. The maximum atomic E-state index is 9.42. The second kappa shape index (κ2) is 7.30. The molecular weight excluding hydrogens is 272 g/mol. The lowest BCUT2D eigenvalue weighted by molar-refractivity contribution is 0.266. The minimum absolute atomic E-state index is 0.202. The minimum Gasteiger partial charge on any atom is -0.394 e. The van der Waals surface area contributed by atoms with Crippen molar-refractivity contribution in [3.63, 3.8) is 0 Å². The topological polar surface area (TPSA) is 35.5 Å². The highest BCUT2D eigenvalue weighted by atomic mass is 35.5. The Kier molecular flexibility index (Phi) is 5.70. The van der Waals surface area contributed by atoms with Gasteiger partial charge in [0.2, 0.25) is 0 Å². The molecule has 0 radical (unpaired) electrons. The lowest BCUT2D eigenvalue weighted by Gasteiger charge is -2.26. The van der Waals surface area contributed by atoms with Gasteiger partial charge in [-0.3, -0.25) is 0 Å². The highest BCUT2D eigenvalue weighted by Crippen LogP contribution is 2.32. The highest BCUT2D eigenvalue weighted by Gasteiger charge is 2.25. The van der Waals surface area contributed by atoms with Crippen LogP contribution >= 0.6 is 11.6 Å². The van der Waals surface area contributed by atoms with Crippen molar-refractivity contribution >= 4 is 17.3 Å². The summed E-state index contributed by atoms with van der Waals surface area (Å²) in [5.74, 6) is 0.652. The van der Waals surface area contributed by atoms with E-state index in [4.69, 9.17) is 11.6 Å². The van der Waals surface area contributed by atoms with E-state index in [1.807, 2.05) is 6.07 Å². The first-order valence-corrected chi connectivity index (χ1v) is 7.86. The van der Waals surface area contributed by atoms with Crippen LogP contribution in [0.4, 0.5) is 5.69 Å². The van der Waals surface area contributed by atoms with Crippen LogP contribution in [0.1, 0.15) is 32.3 Å². The van der Waals surface area contributed by atoms with Crippen LogP contribution < -0.4 is 10.2 Å². The van der Waals surface area contributed by atoms with Gasteiger partial charge >= 0.3 is 0 Å². The number of halogens is 1. The third-order valence-electron chi connectivity index (χ3n) is 3.79. The molecular formula is C16H25ClN2O. The van der Waals surface area contributed by atoms with Crippen molar-refractivity contribution in [1.29, 1.82) is 0 Å². The van der Waals surface area contributed by atoms with Crippen molar-refractivity contribution in [1.82, 2.24) is 5.32 Å². The molecule has 112 valence electrons. The predicted octanol–water partition coefficient (Wildman–Crippen LogP) is 3.05. The van der Waals surface area contributed by atoms with Gasteiger partial charge in [0.05, 0.1) is 23.4 Å². The standard InChI is InChI=1S/C16H25ClN2O/c1-12(2)9-18-10-13-5-6-16(15(17)8-13)19-7-3-4-14(19)11-20/h5-6,8,12,14,18,20H,3-4,7,9-11H2,1-2H3. The first-order chi connectivity index (χ1) is 9.61. The fraction of sp³-hybridized carbons (Fsp3) is 0.625. The van der Waals surface area contributed by atoms with Crippen LogP contribution in [0.2, 0.25) is 5.02 Å². The van der Waals surface area contributed by atoms with Crippen molar-refractivity contribution in [2.24, 2.45) is 5.92 Å². The quantitative estimate of drug-likeness (QED) is 0.847. The summed E-state index contributed by atoms with van der Waals surface area (Å²) < 4.78 is 0. The summed E-state index contributed by atoms with van der Waals surface area (Å²) in [6, 6.07) is 6.47. The van der Waals surface area contributed by atoms with Gasteiger partial charge in [0, 0.05) is 13.1 Å². The van der Waals surface area contributed by atoms with Crippen LogP contribution in [-0.2, 0) is 6.54 Å². The normalized spacial score (nSPS) is 19.1. The molecule has 4 heteroatoms. The van der Waals surface area contributed by atoms with Crippen molar-refractivity contribution in [2.45, 2.75) is 39.3 Å². The largest absolute Gasteiger partial charge is 0.394 e. The Morgan fingerprint density at radius 1 is 1.45 bits per heavy atom. The van der Waals surface area contributed by atoms with E-state index in [0.29, 0.717) is 5.92 Å². The Morgan fingerprint density at radius 2 is 2.25 bits per heavy atom. The Bertz CT molecular complexity index is 436. The SMILES string of the molecule is CC(C)CNCc1ccc(N2CCCC2CO)c(Cl)c1. The van der Waals surface area contributed by atoms with Crippen molar-refractivity contribution in [2.75, 3.05) is 24.6 Å². The lowest BCUT2D eigenvalue weighted by Crippen LogP contribution is -2.32. The van der Waals surface area contributed by atoms with E-state index in [-0.39, 0.29) is 12.6 Å². The molecule has 1 saturated heterocycles. The average molecular weight is 297 g/mol. The Labute approximate surface area is 126 Å². The Balaban J connectivity index is 2.02. The van der Waals surface area contributed by atoms with Crippen molar-refractivity contribution in [3.8, 4) is 0 Å². The van der Waals surface area contributed by atoms with E-state index in [2.05, 4.69) is 36.2 Å². The van der Waals surface area contributed by atoms with Crippen LogP contribution in [0, 0.1) is 5.92 Å². The zero-order valence-electron chi connectivity index (χ0n) is 12.4. The summed E-state index contributed by atoms with van der Waals surface area (Å²) in [5.41, 5.74) is 2.26. The molecule has 0 amide bonds. The average Bonchev–Trinajstić information content (AvgIpc) is 2.86. The molecule has 0 saturated carbocycles. The molecule has 1 aliphatic heterocycles. The molecule has 1 aromatic rings. The molecule has 1 aliphatic rings. The molecule has 0 aromatic heterocycles. The third kappa shape index (κ3) is 3.87. The van der Waals surface area contributed by atoms with Gasteiger partial charge in [0.25, 0.3) is 0 Å². The fourth-order valence-corrected chi connectivity index (χ4v) is 3.05. The minimum atomic E-state index is 0.202. The molecule has 1 heterocycles. The van der Waals surface area contributed by atoms with Gasteiger partial charge in [-0.2, -0.15) is 0 Å². The van der Waals surface area contributed by atoms with Gasteiger partial charge in [0.1, 0.15) is 0 Å². The molecule has 0 aliphatic carbocycles. The van der Waals surface area contributed by atoms with Crippen molar-refractivity contribution in [3.05, 3.63) is 28.8 Å². The maximum absolute atomic E-state index is 9.42. The number of aliphatic hydroxyl groups excluding tert-OH is 1. The van der Waals surface area contributed by atoms with Gasteiger partial charge in [-0.1, -0.05) is 31.5 Å². The first kappa shape index (κ1) is 15.6. The number of nitrogens with zero attached hydrogens (tertiary/aromatic N) is 1. The van der Waals surface area contributed by atoms with E-state index in [1.54, 1.807) is 0 Å². The predicted molar refractivity (Wildman–Crippen MR) is 85.5 cm³/mol. The fourth-order valence-electron chi connectivity index (χ4n) is 2.74. The molecule has 1 aromatic carbocycles. The molecule has 20 heavy (non-hydrogen) atoms. The lowest BCUT2D eigenvalue weighted by atomic mass is 10.1. The summed E-state index contributed by atoms with van der Waals surface area (Å²) >= 11 is 6.42. The Morgan fingerprint density at radius 3 is 2.90 bits per heavy atom. The molecule has 0 bridgehead atoms. The molecule has 3 nitrogen and oxygen atoms in total. The maximum Gasteiger partial charge on any atom is 0.0642 e. The zero-order chi connectivity index (χ0) is 14.5. The van der Waals surface area contributed by atoms with Gasteiger partial charge in [-0.05, 0) is 43.0 Å². The number of anilines is 1. The Hall–Kier alpha value is -0.770. The van der Waals surface area contributed by atoms with E-state index in [1.165, 1.54) is 5.56 Å². The first-order valence-electron chi connectivity index (χ1n) is 7.48. The van der Waals surface area contributed by atoms with Gasteiger partial charge in [-0.25, -0.2) is 0 Å². The second-order valence-electron chi connectivity index (χ2n) is 5.98. The van der Waals surface area contributed by atoms with E-state index in [9.17, 15) is 5.11 Å². The van der Waals surface area contributed by atoms with Crippen LogP contribution in [0.25, 0.3) is 0 Å².